The summed E-state index contributed by atoms with van der Waals surface area (Å²) in [5.41, 5.74) is 1.60. The number of carbonyl (C=O) groups excluding carboxylic acids is 1. The highest BCUT2D eigenvalue weighted by atomic mass is 35.5. The van der Waals surface area contributed by atoms with Crippen molar-refractivity contribution in [1.29, 1.82) is 0 Å². The molecule has 1 amide bonds. The molecule has 3 rings (SSSR count). The predicted molar refractivity (Wildman–Crippen MR) is 102 cm³/mol. The second-order valence-electron chi connectivity index (χ2n) is 5.44. The number of carbonyl (C=O) groups is 1. The van der Waals surface area contributed by atoms with Gasteiger partial charge < -0.3 is 9.73 Å². The number of rotatable bonds is 6. The fourth-order valence-electron chi connectivity index (χ4n) is 2.26. The lowest BCUT2D eigenvalue weighted by atomic mass is 10.1. The van der Waals surface area contributed by atoms with Gasteiger partial charge in [0, 0.05) is 16.7 Å². The van der Waals surface area contributed by atoms with Crippen molar-refractivity contribution in [3.05, 3.63) is 63.2 Å². The van der Waals surface area contributed by atoms with Gasteiger partial charge in [0.2, 0.25) is 11.8 Å². The van der Waals surface area contributed by atoms with E-state index in [9.17, 15) is 14.9 Å². The number of nitro groups is 1. The molecule has 1 aromatic heterocycles. The minimum Gasteiger partial charge on any atom is -0.411 e. The Kier molecular flexibility index (Phi) is 5.72. The summed E-state index contributed by atoms with van der Waals surface area (Å²) in [6.45, 7) is 1.93. The Bertz CT molecular complexity index is 1010. The number of nitrogens with one attached hydrogen (secondary N) is 1. The van der Waals surface area contributed by atoms with Gasteiger partial charge in [-0.25, -0.2) is 0 Å². The van der Waals surface area contributed by atoms with Gasteiger partial charge in [0.15, 0.2) is 0 Å². The third-order valence-electron chi connectivity index (χ3n) is 3.54. The highest BCUT2D eigenvalue weighted by molar-refractivity contribution is 7.99. The number of nitrogens with zero attached hydrogens (tertiary/aromatic N) is 3. The first kappa shape index (κ1) is 18.9. The third kappa shape index (κ3) is 4.63. The fourth-order valence-corrected chi connectivity index (χ4v) is 2.99. The van der Waals surface area contributed by atoms with Gasteiger partial charge in [-0.3, -0.25) is 14.9 Å². The maximum Gasteiger partial charge on any atom is 0.294 e. The van der Waals surface area contributed by atoms with E-state index in [1.165, 1.54) is 18.2 Å². The molecule has 27 heavy (non-hydrogen) atoms. The Morgan fingerprint density at radius 3 is 2.81 bits per heavy atom. The Morgan fingerprint density at radius 1 is 1.30 bits per heavy atom. The molecule has 10 heteroatoms. The van der Waals surface area contributed by atoms with Crippen LogP contribution in [0.5, 0.6) is 0 Å². The number of aryl methyl sites for hydroxylation is 1. The second-order valence-corrected chi connectivity index (χ2v) is 6.81. The number of halogens is 1. The van der Waals surface area contributed by atoms with E-state index in [0.29, 0.717) is 5.89 Å². The zero-order valence-corrected chi connectivity index (χ0v) is 15.6. The topological polar surface area (TPSA) is 111 Å². The van der Waals surface area contributed by atoms with Crippen LogP contribution in [0.1, 0.15) is 5.56 Å². The van der Waals surface area contributed by atoms with E-state index in [0.717, 1.165) is 22.9 Å². The van der Waals surface area contributed by atoms with E-state index in [1.807, 2.05) is 31.2 Å². The molecule has 0 radical (unpaired) electrons. The smallest absolute Gasteiger partial charge is 0.294 e. The van der Waals surface area contributed by atoms with Crippen LogP contribution >= 0.6 is 23.4 Å². The number of hydrogen-bond acceptors (Lipinski definition) is 7. The van der Waals surface area contributed by atoms with E-state index in [1.54, 1.807) is 0 Å². The van der Waals surface area contributed by atoms with Crippen LogP contribution in [0.3, 0.4) is 0 Å². The molecule has 0 atom stereocenters. The molecule has 0 saturated heterocycles. The maximum atomic E-state index is 12.1. The van der Waals surface area contributed by atoms with Crippen LogP contribution in [-0.4, -0.2) is 26.8 Å². The summed E-state index contributed by atoms with van der Waals surface area (Å²) in [4.78, 5) is 22.5. The van der Waals surface area contributed by atoms with Gasteiger partial charge >= 0.3 is 0 Å². The van der Waals surface area contributed by atoms with Crippen LogP contribution in [0.4, 0.5) is 11.4 Å². The molecule has 0 saturated carbocycles. The molecule has 0 bridgehead atoms. The van der Waals surface area contributed by atoms with Gasteiger partial charge in [-0.05, 0) is 30.7 Å². The third-order valence-corrected chi connectivity index (χ3v) is 4.59. The summed E-state index contributed by atoms with van der Waals surface area (Å²) in [7, 11) is 0. The van der Waals surface area contributed by atoms with Gasteiger partial charge in [-0.15, -0.1) is 10.2 Å². The van der Waals surface area contributed by atoms with Crippen LogP contribution in [0, 0.1) is 17.0 Å². The van der Waals surface area contributed by atoms with E-state index < -0.39 is 10.8 Å². The summed E-state index contributed by atoms with van der Waals surface area (Å²) in [6, 6.07) is 11.6. The highest BCUT2D eigenvalue weighted by Gasteiger charge is 2.18. The van der Waals surface area contributed by atoms with Gasteiger partial charge in [-0.1, -0.05) is 41.6 Å². The van der Waals surface area contributed by atoms with Crippen LogP contribution in [0.2, 0.25) is 5.02 Å². The van der Waals surface area contributed by atoms with Crippen LogP contribution in [-0.2, 0) is 4.79 Å². The lowest BCUT2D eigenvalue weighted by Crippen LogP contribution is -2.15. The Morgan fingerprint density at radius 2 is 2.07 bits per heavy atom. The van der Waals surface area contributed by atoms with Gasteiger partial charge in [-0.2, -0.15) is 0 Å². The summed E-state index contributed by atoms with van der Waals surface area (Å²) in [6.07, 6.45) is 0. The lowest BCUT2D eigenvalue weighted by Gasteiger charge is -2.05. The van der Waals surface area contributed by atoms with Crippen LogP contribution < -0.4 is 5.32 Å². The molecule has 8 nitrogen and oxygen atoms in total. The summed E-state index contributed by atoms with van der Waals surface area (Å²) >= 11 is 6.79. The minimum absolute atomic E-state index is 0.0464. The largest absolute Gasteiger partial charge is 0.411 e. The van der Waals surface area contributed by atoms with Gasteiger partial charge in [0.25, 0.3) is 10.9 Å². The monoisotopic (exact) mass is 404 g/mol. The standard InChI is InChI=1S/C17H13ClN4O4S/c1-10-4-2-3-5-12(10)16-20-21-17(26-16)27-9-15(23)19-13-7-6-11(18)8-14(13)22(24)25/h2-8H,9H2,1H3,(H,19,23). The van der Waals surface area contributed by atoms with Crippen LogP contribution in [0.25, 0.3) is 11.5 Å². The van der Waals surface area contributed by atoms with E-state index in [4.69, 9.17) is 16.0 Å². The van der Waals surface area contributed by atoms with E-state index in [2.05, 4.69) is 15.5 Å². The molecular weight excluding hydrogens is 392 g/mol. The number of hydrogen-bond donors (Lipinski definition) is 1. The minimum atomic E-state index is -0.610. The fraction of sp³-hybridized carbons (Fsp3) is 0.118. The number of anilines is 1. The summed E-state index contributed by atoms with van der Waals surface area (Å²) in [5.74, 6) is -0.125. The maximum absolute atomic E-state index is 12.1. The molecule has 2 aromatic carbocycles. The molecule has 0 aliphatic rings. The quantitative estimate of drug-likeness (QED) is 0.369. The van der Waals surface area contributed by atoms with Crippen molar-refractivity contribution in [2.75, 3.05) is 11.1 Å². The number of thioether (sulfide) groups is 1. The van der Waals surface area contributed by atoms with Crippen molar-refractivity contribution in [3.8, 4) is 11.5 Å². The van der Waals surface area contributed by atoms with E-state index >= 15 is 0 Å². The Balaban J connectivity index is 1.64. The van der Waals surface area contributed by atoms with Gasteiger partial charge in [0.1, 0.15) is 5.69 Å². The SMILES string of the molecule is Cc1ccccc1-c1nnc(SCC(=O)Nc2ccc(Cl)cc2[N+](=O)[O-])o1. The normalized spacial score (nSPS) is 10.6. The average molecular weight is 405 g/mol. The second kappa shape index (κ2) is 8.19. The Hall–Kier alpha value is -2.91. The number of aromatic nitrogens is 2. The zero-order valence-electron chi connectivity index (χ0n) is 14.0. The molecule has 1 N–H and O–H groups in total. The first-order valence-corrected chi connectivity index (χ1v) is 9.06. The first-order chi connectivity index (χ1) is 12.9. The highest BCUT2D eigenvalue weighted by Crippen LogP contribution is 2.29. The van der Waals surface area contributed by atoms with Crippen LogP contribution in [0.15, 0.2) is 52.1 Å². The zero-order chi connectivity index (χ0) is 19.4. The van der Waals surface area contributed by atoms with Gasteiger partial charge in [0.05, 0.1) is 10.7 Å². The molecule has 3 aromatic rings. The molecule has 1 heterocycles. The molecule has 0 aliphatic heterocycles. The van der Waals surface area contributed by atoms with Crippen molar-refractivity contribution in [2.24, 2.45) is 0 Å². The Labute approximate surface area is 163 Å². The number of amides is 1. The number of nitro benzene ring substituents is 1. The lowest BCUT2D eigenvalue weighted by molar-refractivity contribution is -0.383. The average Bonchev–Trinajstić information content (AvgIpc) is 3.10. The van der Waals surface area contributed by atoms with E-state index in [-0.39, 0.29) is 27.4 Å². The summed E-state index contributed by atoms with van der Waals surface area (Å²) in [5, 5.41) is 21.9. The first-order valence-electron chi connectivity index (χ1n) is 7.70. The molecule has 0 unspecified atom stereocenters. The number of benzene rings is 2. The molecule has 0 fully saturated rings. The molecule has 0 spiro atoms. The van der Waals surface area contributed by atoms with Crippen molar-refractivity contribution < 1.29 is 14.1 Å². The molecule has 138 valence electrons. The predicted octanol–water partition coefficient (Wildman–Crippen LogP) is 4.34. The van der Waals surface area contributed by atoms with Crippen molar-refractivity contribution in [1.82, 2.24) is 10.2 Å². The molecular formula is C17H13ClN4O4S. The molecule has 0 aliphatic carbocycles. The van der Waals surface area contributed by atoms with Crippen molar-refractivity contribution >= 4 is 40.6 Å². The summed E-state index contributed by atoms with van der Waals surface area (Å²) < 4.78 is 5.56. The van der Waals surface area contributed by atoms with Crippen molar-refractivity contribution in [2.45, 2.75) is 12.1 Å². The van der Waals surface area contributed by atoms with Crippen molar-refractivity contribution in [3.63, 3.8) is 0 Å².